The molecule has 1 atom stereocenters. The van der Waals surface area contributed by atoms with Crippen LogP contribution in [0.5, 0.6) is 0 Å². The van der Waals surface area contributed by atoms with Gasteiger partial charge in [-0.15, -0.1) is 11.3 Å². The number of carbonyl (C=O) groups is 1. The number of aryl methyl sites for hydroxylation is 1. The Bertz CT molecular complexity index is 511. The van der Waals surface area contributed by atoms with Gasteiger partial charge < -0.3 is 15.4 Å². The minimum atomic E-state index is -0.350. The molecule has 2 amide bonds. The number of nitrogens with one attached hydrogen (secondary N) is 2. The number of carbonyl (C=O) groups excluding carboxylic acids is 1. The molecule has 1 aromatic rings. The van der Waals surface area contributed by atoms with Gasteiger partial charge >= 0.3 is 6.03 Å². The molecule has 2 rings (SSSR count). The van der Waals surface area contributed by atoms with E-state index >= 15 is 0 Å². The average Bonchev–Trinajstić information content (AvgIpc) is 2.89. The summed E-state index contributed by atoms with van der Waals surface area (Å²) < 4.78 is 5.98. The second-order valence-corrected chi connectivity index (χ2v) is 7.58. The molecule has 118 valence electrons. The van der Waals surface area contributed by atoms with Gasteiger partial charge in [0.1, 0.15) is 0 Å². The summed E-state index contributed by atoms with van der Waals surface area (Å²) in [5, 5.41) is 8.97. The van der Waals surface area contributed by atoms with Crippen molar-refractivity contribution in [3.63, 3.8) is 0 Å². The Morgan fingerprint density at radius 3 is 2.71 bits per heavy atom. The van der Waals surface area contributed by atoms with Gasteiger partial charge in [0.25, 0.3) is 0 Å². The maximum absolute atomic E-state index is 12.0. The lowest BCUT2D eigenvalue weighted by atomic mass is 9.95. The maximum Gasteiger partial charge on any atom is 0.315 e. The van der Waals surface area contributed by atoms with Crippen LogP contribution >= 0.6 is 11.3 Å². The Morgan fingerprint density at radius 1 is 1.48 bits per heavy atom. The van der Waals surface area contributed by atoms with Crippen molar-refractivity contribution in [3.8, 4) is 0 Å². The summed E-state index contributed by atoms with van der Waals surface area (Å²) in [6.45, 7) is 10.7. The number of nitrogens with zero attached hydrogens (tertiary/aromatic N) is 1. The fourth-order valence-electron chi connectivity index (χ4n) is 2.76. The number of hydrogen-bond donors (Lipinski definition) is 2. The highest BCUT2D eigenvalue weighted by Gasteiger charge is 2.46. The van der Waals surface area contributed by atoms with Crippen LogP contribution in [-0.4, -0.2) is 28.3 Å². The van der Waals surface area contributed by atoms with E-state index in [4.69, 9.17) is 4.74 Å². The summed E-state index contributed by atoms with van der Waals surface area (Å²) in [6, 6.07) is -0.158. The van der Waals surface area contributed by atoms with Gasteiger partial charge in [0, 0.05) is 5.38 Å². The van der Waals surface area contributed by atoms with E-state index in [1.54, 1.807) is 11.3 Å². The van der Waals surface area contributed by atoms with Gasteiger partial charge in [-0.05, 0) is 40.5 Å². The Hall–Kier alpha value is -1.14. The number of thiazole rings is 1. The van der Waals surface area contributed by atoms with E-state index in [-0.39, 0.29) is 23.3 Å². The Balaban J connectivity index is 1.84. The van der Waals surface area contributed by atoms with Gasteiger partial charge in [-0.3, -0.25) is 0 Å². The molecule has 0 saturated carbocycles. The smallest absolute Gasteiger partial charge is 0.315 e. The van der Waals surface area contributed by atoms with Crippen LogP contribution in [0.25, 0.3) is 0 Å². The minimum absolute atomic E-state index is 0.00846. The highest BCUT2D eigenvalue weighted by Crippen LogP contribution is 2.37. The van der Waals surface area contributed by atoms with E-state index in [9.17, 15) is 4.79 Å². The van der Waals surface area contributed by atoms with Crippen molar-refractivity contribution in [1.29, 1.82) is 0 Å². The molecule has 5 nitrogen and oxygen atoms in total. The third kappa shape index (κ3) is 4.17. The van der Waals surface area contributed by atoms with E-state index < -0.39 is 0 Å². The standard InChI is InChI=1S/C15H25N3O2S/c1-6-12-17-10(9-21-12)8-16-13(19)18-11-7-14(2,3)20-15(11,4)5/h9,11H,6-8H2,1-5H3,(H2,16,18,19)/t11-/m0/s1. The van der Waals surface area contributed by atoms with Gasteiger partial charge in [0.15, 0.2) is 0 Å². The van der Waals surface area contributed by atoms with Gasteiger partial charge in [-0.1, -0.05) is 6.92 Å². The molecule has 0 radical (unpaired) electrons. The second kappa shape index (κ2) is 5.93. The first-order chi connectivity index (χ1) is 9.72. The molecule has 1 aliphatic rings. The van der Waals surface area contributed by atoms with Crippen LogP contribution in [0.4, 0.5) is 4.79 Å². The summed E-state index contributed by atoms with van der Waals surface area (Å²) >= 11 is 1.63. The number of aromatic nitrogens is 1. The van der Waals surface area contributed by atoms with Crippen molar-refractivity contribution >= 4 is 17.4 Å². The largest absolute Gasteiger partial charge is 0.367 e. The molecule has 0 spiro atoms. The van der Waals surface area contributed by atoms with E-state index in [2.05, 4.69) is 36.4 Å². The Labute approximate surface area is 130 Å². The van der Waals surface area contributed by atoms with Crippen molar-refractivity contribution < 1.29 is 9.53 Å². The van der Waals surface area contributed by atoms with Crippen LogP contribution < -0.4 is 10.6 Å². The predicted octanol–water partition coefficient (Wildman–Crippen LogP) is 2.85. The monoisotopic (exact) mass is 311 g/mol. The van der Waals surface area contributed by atoms with E-state index in [1.165, 1.54) is 0 Å². The van der Waals surface area contributed by atoms with Gasteiger partial charge in [0.05, 0.1) is 34.5 Å². The van der Waals surface area contributed by atoms with E-state index in [0.717, 1.165) is 23.5 Å². The molecule has 2 heterocycles. The van der Waals surface area contributed by atoms with E-state index in [1.807, 2.05) is 19.2 Å². The number of amides is 2. The molecular weight excluding hydrogens is 286 g/mol. The lowest BCUT2D eigenvalue weighted by molar-refractivity contribution is -0.0690. The lowest BCUT2D eigenvalue weighted by Gasteiger charge is -2.27. The second-order valence-electron chi connectivity index (χ2n) is 6.64. The zero-order valence-corrected chi connectivity index (χ0v) is 14.3. The normalized spacial score (nSPS) is 23.0. The number of hydrogen-bond acceptors (Lipinski definition) is 4. The predicted molar refractivity (Wildman–Crippen MR) is 84.5 cm³/mol. The highest BCUT2D eigenvalue weighted by molar-refractivity contribution is 7.09. The first-order valence-electron chi connectivity index (χ1n) is 7.40. The fraction of sp³-hybridized carbons (Fsp3) is 0.733. The molecule has 1 saturated heterocycles. The van der Waals surface area contributed by atoms with Gasteiger partial charge in [-0.25, -0.2) is 9.78 Å². The third-order valence-corrected chi connectivity index (χ3v) is 4.75. The minimum Gasteiger partial charge on any atom is -0.367 e. The lowest BCUT2D eigenvalue weighted by Crippen LogP contribution is -2.49. The number of urea groups is 1. The third-order valence-electron chi connectivity index (χ3n) is 3.71. The molecule has 0 unspecified atom stereocenters. The summed E-state index contributed by atoms with van der Waals surface area (Å²) in [5.41, 5.74) is 0.359. The van der Waals surface area contributed by atoms with Crippen molar-refractivity contribution in [2.45, 2.75) is 71.2 Å². The summed E-state index contributed by atoms with van der Waals surface area (Å²) in [4.78, 5) is 16.5. The maximum atomic E-state index is 12.0. The molecule has 0 bridgehead atoms. The van der Waals surface area contributed by atoms with Crippen LogP contribution in [0.15, 0.2) is 5.38 Å². The zero-order valence-electron chi connectivity index (χ0n) is 13.4. The first kappa shape index (κ1) is 16.2. The first-order valence-corrected chi connectivity index (χ1v) is 8.27. The summed E-state index contributed by atoms with van der Waals surface area (Å²) in [6.07, 6.45) is 1.74. The van der Waals surface area contributed by atoms with E-state index in [0.29, 0.717) is 6.54 Å². The van der Waals surface area contributed by atoms with Crippen molar-refractivity contribution in [2.75, 3.05) is 0 Å². The van der Waals surface area contributed by atoms with Crippen LogP contribution in [0, 0.1) is 0 Å². The molecule has 0 aliphatic carbocycles. The van der Waals surface area contributed by atoms with Crippen LogP contribution in [0.3, 0.4) is 0 Å². The van der Waals surface area contributed by atoms with Crippen LogP contribution in [0.2, 0.25) is 0 Å². The SMILES string of the molecule is CCc1nc(CNC(=O)N[C@H]2CC(C)(C)OC2(C)C)cs1. The topological polar surface area (TPSA) is 63.2 Å². The summed E-state index contributed by atoms with van der Waals surface area (Å²) in [7, 11) is 0. The van der Waals surface area contributed by atoms with Gasteiger partial charge in [-0.2, -0.15) is 0 Å². The van der Waals surface area contributed by atoms with Gasteiger partial charge in [0.2, 0.25) is 0 Å². The molecular formula is C15H25N3O2S. The molecule has 1 aromatic heterocycles. The quantitative estimate of drug-likeness (QED) is 0.899. The molecule has 1 aliphatic heterocycles. The average molecular weight is 311 g/mol. The zero-order chi connectivity index (χ0) is 15.7. The number of ether oxygens (including phenoxy) is 1. The van der Waals surface area contributed by atoms with Crippen molar-refractivity contribution in [3.05, 3.63) is 16.1 Å². The highest BCUT2D eigenvalue weighted by atomic mass is 32.1. The summed E-state index contributed by atoms with van der Waals surface area (Å²) in [5.74, 6) is 0. The molecule has 1 fully saturated rings. The molecule has 6 heteroatoms. The van der Waals surface area contributed by atoms with Crippen LogP contribution in [0.1, 0.15) is 51.7 Å². The molecule has 2 N–H and O–H groups in total. The van der Waals surface area contributed by atoms with Crippen molar-refractivity contribution in [2.24, 2.45) is 0 Å². The Kier molecular flexibility index (Phi) is 4.58. The molecule has 0 aromatic carbocycles. The Morgan fingerprint density at radius 2 is 2.19 bits per heavy atom. The van der Waals surface area contributed by atoms with Crippen LogP contribution in [-0.2, 0) is 17.7 Å². The molecule has 21 heavy (non-hydrogen) atoms. The fourth-order valence-corrected chi connectivity index (χ4v) is 3.50. The van der Waals surface area contributed by atoms with Crippen molar-refractivity contribution in [1.82, 2.24) is 15.6 Å². The number of rotatable bonds is 4.